The minimum Gasteiger partial charge on any atom is -0.468 e. The maximum absolute atomic E-state index is 11.1. The van der Waals surface area contributed by atoms with Crippen LogP contribution in [0, 0.1) is 11.8 Å². The Hall–Kier alpha value is -0.280. The molecule has 0 unspecified atom stereocenters. The lowest BCUT2D eigenvalue weighted by Gasteiger charge is -2.10. The van der Waals surface area contributed by atoms with E-state index < -0.39 is 5.54 Å². The first-order valence-corrected chi connectivity index (χ1v) is 3.89. The van der Waals surface area contributed by atoms with E-state index in [0.717, 1.165) is 6.42 Å². The zero-order chi connectivity index (χ0) is 8.65. The Kier molecular flexibility index (Phi) is 3.54. The summed E-state index contributed by atoms with van der Waals surface area (Å²) in [6.07, 6.45) is 0.775. The third-order valence-corrected chi connectivity index (χ3v) is 2.43. The van der Waals surface area contributed by atoms with Crippen LogP contribution in [-0.4, -0.2) is 18.6 Å². The van der Waals surface area contributed by atoms with Crippen molar-refractivity contribution in [1.29, 1.82) is 0 Å². The topological polar surface area (TPSA) is 52.3 Å². The summed E-state index contributed by atoms with van der Waals surface area (Å²) in [5, 5.41) is 0. The largest absolute Gasteiger partial charge is 0.468 e. The van der Waals surface area contributed by atoms with Gasteiger partial charge in [0, 0.05) is 0 Å². The number of ether oxygens (including phenoxy) is 1. The van der Waals surface area contributed by atoms with Crippen molar-refractivity contribution in [1.82, 2.24) is 0 Å². The van der Waals surface area contributed by atoms with Gasteiger partial charge in [0.25, 0.3) is 0 Å². The molecule has 72 valence electrons. The minimum atomic E-state index is -0.664. The third kappa shape index (κ3) is 1.72. The highest BCUT2D eigenvalue weighted by atomic mass is 35.5. The van der Waals surface area contributed by atoms with Gasteiger partial charge in [0.1, 0.15) is 5.54 Å². The van der Waals surface area contributed by atoms with E-state index in [1.807, 2.05) is 0 Å². The van der Waals surface area contributed by atoms with Crippen molar-refractivity contribution in [2.24, 2.45) is 17.6 Å². The van der Waals surface area contributed by atoms with Crippen LogP contribution in [0.3, 0.4) is 0 Å². The van der Waals surface area contributed by atoms with Crippen LogP contribution in [0.25, 0.3) is 0 Å². The average molecular weight is 194 g/mol. The molecule has 12 heavy (non-hydrogen) atoms. The molecule has 1 aliphatic rings. The number of esters is 1. The number of methoxy groups -OCH3 is 1. The smallest absolute Gasteiger partial charge is 0.326 e. The molecule has 2 atom stereocenters. The lowest BCUT2D eigenvalue weighted by atomic mass is 10.0. The van der Waals surface area contributed by atoms with Crippen LogP contribution >= 0.6 is 12.4 Å². The summed E-state index contributed by atoms with van der Waals surface area (Å²) in [4.78, 5) is 11.1. The standard InChI is InChI=1S/C8H15NO2.ClH/c1-5(2)6-4-8(6,9)7(10)11-3;/h5-6H,4,9H2,1-3H3;1H/t6-,8+;/m0./s1. The number of rotatable bonds is 2. The summed E-state index contributed by atoms with van der Waals surface area (Å²) in [6.45, 7) is 4.14. The van der Waals surface area contributed by atoms with Gasteiger partial charge < -0.3 is 10.5 Å². The predicted octanol–water partition coefficient (Wildman–Crippen LogP) is 0.955. The van der Waals surface area contributed by atoms with Crippen LogP contribution in [0.4, 0.5) is 0 Å². The van der Waals surface area contributed by atoms with Crippen LogP contribution in [0.2, 0.25) is 0 Å². The van der Waals surface area contributed by atoms with Gasteiger partial charge >= 0.3 is 5.97 Å². The fraction of sp³-hybridized carbons (Fsp3) is 0.875. The Balaban J connectivity index is 0.00000121. The molecule has 0 amide bonds. The predicted molar refractivity (Wildman–Crippen MR) is 49.1 cm³/mol. The first-order chi connectivity index (χ1) is 5.02. The first kappa shape index (κ1) is 11.7. The van der Waals surface area contributed by atoms with E-state index in [1.165, 1.54) is 7.11 Å². The molecule has 0 spiro atoms. The molecule has 0 aromatic carbocycles. The van der Waals surface area contributed by atoms with Crippen molar-refractivity contribution in [2.75, 3.05) is 7.11 Å². The summed E-state index contributed by atoms with van der Waals surface area (Å²) >= 11 is 0. The molecule has 0 heterocycles. The lowest BCUT2D eigenvalue weighted by Crippen LogP contribution is -2.37. The van der Waals surface area contributed by atoms with Crippen LogP contribution in [-0.2, 0) is 9.53 Å². The summed E-state index contributed by atoms with van der Waals surface area (Å²) in [5.41, 5.74) is 5.11. The van der Waals surface area contributed by atoms with Crippen LogP contribution in [0.5, 0.6) is 0 Å². The van der Waals surface area contributed by atoms with Gasteiger partial charge in [-0.25, -0.2) is 0 Å². The zero-order valence-electron chi connectivity index (χ0n) is 7.66. The van der Waals surface area contributed by atoms with Gasteiger partial charge in [-0.3, -0.25) is 4.79 Å². The van der Waals surface area contributed by atoms with Crippen molar-refractivity contribution in [3.63, 3.8) is 0 Å². The fourth-order valence-electron chi connectivity index (χ4n) is 1.56. The lowest BCUT2D eigenvalue weighted by molar-refractivity contribution is -0.143. The van der Waals surface area contributed by atoms with Gasteiger partial charge in [-0.1, -0.05) is 13.8 Å². The molecule has 1 fully saturated rings. The van der Waals surface area contributed by atoms with Gasteiger partial charge in [-0.2, -0.15) is 0 Å². The molecule has 0 saturated heterocycles. The van der Waals surface area contributed by atoms with Gasteiger partial charge in [0.05, 0.1) is 7.11 Å². The Morgan fingerprint density at radius 3 is 2.42 bits per heavy atom. The highest BCUT2D eigenvalue weighted by Gasteiger charge is 2.59. The molecule has 1 aliphatic carbocycles. The number of hydrogen-bond acceptors (Lipinski definition) is 3. The second-order valence-corrected chi connectivity index (χ2v) is 3.59. The van der Waals surface area contributed by atoms with Crippen molar-refractivity contribution in [2.45, 2.75) is 25.8 Å². The molecule has 1 saturated carbocycles. The van der Waals surface area contributed by atoms with Gasteiger partial charge in [-0.05, 0) is 18.3 Å². The molecule has 2 N–H and O–H groups in total. The molecule has 3 nitrogen and oxygen atoms in total. The van der Waals surface area contributed by atoms with E-state index in [0.29, 0.717) is 11.8 Å². The highest BCUT2D eigenvalue weighted by molar-refractivity contribution is 5.85. The van der Waals surface area contributed by atoms with Crippen molar-refractivity contribution >= 4 is 18.4 Å². The zero-order valence-corrected chi connectivity index (χ0v) is 8.48. The van der Waals surface area contributed by atoms with E-state index in [-0.39, 0.29) is 18.4 Å². The SMILES string of the molecule is COC(=O)[C@@]1(N)C[C@H]1C(C)C.Cl. The Bertz CT molecular complexity index is 184. The van der Waals surface area contributed by atoms with E-state index in [1.54, 1.807) is 0 Å². The van der Waals surface area contributed by atoms with Crippen molar-refractivity contribution in [3.05, 3.63) is 0 Å². The molecule has 1 rings (SSSR count). The van der Waals surface area contributed by atoms with E-state index >= 15 is 0 Å². The summed E-state index contributed by atoms with van der Waals surface area (Å²) < 4.78 is 4.59. The van der Waals surface area contributed by atoms with E-state index in [2.05, 4.69) is 18.6 Å². The Labute approximate surface area is 79.1 Å². The molecule has 0 aromatic heterocycles. The Morgan fingerprint density at radius 2 is 2.17 bits per heavy atom. The van der Waals surface area contributed by atoms with E-state index in [9.17, 15) is 4.79 Å². The quantitative estimate of drug-likeness (QED) is 0.665. The van der Waals surface area contributed by atoms with Gasteiger partial charge in [0.15, 0.2) is 0 Å². The van der Waals surface area contributed by atoms with Gasteiger partial charge in [0.2, 0.25) is 0 Å². The monoisotopic (exact) mass is 193 g/mol. The minimum absolute atomic E-state index is 0. The van der Waals surface area contributed by atoms with Crippen molar-refractivity contribution < 1.29 is 9.53 Å². The number of carbonyl (C=O) groups excluding carboxylic acids is 1. The first-order valence-electron chi connectivity index (χ1n) is 3.89. The molecule has 0 radical (unpaired) electrons. The summed E-state index contributed by atoms with van der Waals surface area (Å²) in [6, 6.07) is 0. The van der Waals surface area contributed by atoms with Crippen molar-refractivity contribution in [3.8, 4) is 0 Å². The van der Waals surface area contributed by atoms with Crippen LogP contribution < -0.4 is 5.73 Å². The molecular weight excluding hydrogens is 178 g/mol. The van der Waals surface area contributed by atoms with E-state index in [4.69, 9.17) is 5.73 Å². The number of nitrogens with two attached hydrogens (primary N) is 1. The Morgan fingerprint density at radius 1 is 1.67 bits per heavy atom. The normalized spacial score (nSPS) is 32.6. The average Bonchev–Trinajstić information content (AvgIpc) is 2.62. The second kappa shape index (κ2) is 3.62. The summed E-state index contributed by atoms with van der Waals surface area (Å²) in [7, 11) is 1.38. The molecule has 0 bridgehead atoms. The maximum Gasteiger partial charge on any atom is 0.326 e. The van der Waals surface area contributed by atoms with Crippen LogP contribution in [0.15, 0.2) is 0 Å². The third-order valence-electron chi connectivity index (χ3n) is 2.43. The number of halogens is 1. The van der Waals surface area contributed by atoms with Crippen LogP contribution in [0.1, 0.15) is 20.3 Å². The highest BCUT2D eigenvalue weighted by Crippen LogP contribution is 2.46. The molecular formula is C8H16ClNO2. The fourth-order valence-corrected chi connectivity index (χ4v) is 1.56. The summed E-state index contributed by atoms with van der Waals surface area (Å²) in [5.74, 6) is 0.519. The number of carbonyl (C=O) groups is 1. The molecule has 0 aromatic rings. The molecule has 0 aliphatic heterocycles. The van der Waals surface area contributed by atoms with Gasteiger partial charge in [-0.15, -0.1) is 12.4 Å². The maximum atomic E-state index is 11.1. The molecule has 4 heteroatoms. The second-order valence-electron chi connectivity index (χ2n) is 3.59. The number of hydrogen-bond donors (Lipinski definition) is 1.